The summed E-state index contributed by atoms with van der Waals surface area (Å²) < 4.78 is 0.974. The van der Waals surface area contributed by atoms with Gasteiger partial charge < -0.3 is 10.3 Å². The number of benzene rings is 2. The van der Waals surface area contributed by atoms with Crippen LogP contribution < -0.4 is 5.32 Å². The first-order chi connectivity index (χ1) is 11.0. The van der Waals surface area contributed by atoms with Gasteiger partial charge in [-0.2, -0.15) is 0 Å². The largest absolute Gasteiger partial charge is 0.361 e. The molecule has 0 saturated heterocycles. The predicted molar refractivity (Wildman–Crippen MR) is 98.2 cm³/mol. The molecule has 0 bridgehead atoms. The van der Waals surface area contributed by atoms with Crippen molar-refractivity contribution in [2.75, 3.05) is 6.54 Å². The molecule has 0 aliphatic carbocycles. The summed E-state index contributed by atoms with van der Waals surface area (Å²) in [5, 5.41) is 4.79. The fraction of sp³-hybridized carbons (Fsp3) is 0.167. The summed E-state index contributed by atoms with van der Waals surface area (Å²) in [4.78, 5) is 15.5. The van der Waals surface area contributed by atoms with Crippen molar-refractivity contribution in [2.24, 2.45) is 0 Å². The molecular weight excluding hydrogens is 376 g/mol. The van der Waals surface area contributed by atoms with E-state index in [2.05, 4.69) is 26.2 Å². The molecule has 1 heterocycles. The standard InChI is InChI=1S/C18H16BrClN2O/c1-11-8-13(19)2-4-15(11)18(23)21-7-6-12-10-22-17-5-3-14(20)9-16(12)17/h2-5,8-10,22H,6-7H2,1H3,(H,21,23). The molecule has 0 unspecified atom stereocenters. The SMILES string of the molecule is Cc1cc(Br)ccc1C(=O)NCCc1c[nH]c2ccc(Cl)cc12. The number of fused-ring (bicyclic) bond motifs is 1. The van der Waals surface area contributed by atoms with Crippen molar-refractivity contribution in [3.63, 3.8) is 0 Å². The smallest absolute Gasteiger partial charge is 0.251 e. The average molecular weight is 392 g/mol. The van der Waals surface area contributed by atoms with Crippen LogP contribution in [0.3, 0.4) is 0 Å². The Labute approximate surface area is 148 Å². The van der Waals surface area contributed by atoms with Crippen LogP contribution in [0.1, 0.15) is 21.5 Å². The normalized spacial score (nSPS) is 10.9. The van der Waals surface area contributed by atoms with E-state index in [-0.39, 0.29) is 5.91 Å². The number of hydrogen-bond acceptors (Lipinski definition) is 1. The van der Waals surface area contributed by atoms with Gasteiger partial charge in [0.05, 0.1) is 0 Å². The number of hydrogen-bond donors (Lipinski definition) is 2. The fourth-order valence-corrected chi connectivity index (χ4v) is 3.29. The molecule has 0 spiro atoms. The molecule has 3 rings (SSSR count). The molecule has 3 aromatic rings. The van der Waals surface area contributed by atoms with E-state index in [4.69, 9.17) is 11.6 Å². The third-order valence-corrected chi connectivity index (χ3v) is 4.57. The Hall–Kier alpha value is -1.78. The van der Waals surface area contributed by atoms with Crippen LogP contribution in [0.5, 0.6) is 0 Å². The van der Waals surface area contributed by atoms with E-state index in [0.717, 1.165) is 32.9 Å². The summed E-state index contributed by atoms with van der Waals surface area (Å²) in [7, 11) is 0. The van der Waals surface area contributed by atoms with E-state index >= 15 is 0 Å². The zero-order valence-electron chi connectivity index (χ0n) is 12.6. The van der Waals surface area contributed by atoms with Gasteiger partial charge in [0.15, 0.2) is 0 Å². The molecule has 0 aliphatic rings. The third-order valence-electron chi connectivity index (χ3n) is 3.84. The highest BCUT2D eigenvalue weighted by Crippen LogP contribution is 2.22. The Morgan fingerprint density at radius 1 is 1.26 bits per heavy atom. The second kappa shape index (κ2) is 6.77. The quantitative estimate of drug-likeness (QED) is 0.655. The highest BCUT2D eigenvalue weighted by atomic mass is 79.9. The Kier molecular flexibility index (Phi) is 4.74. The first-order valence-corrected chi connectivity index (χ1v) is 8.51. The van der Waals surface area contributed by atoms with Gasteiger partial charge in [-0.05, 0) is 60.9 Å². The minimum absolute atomic E-state index is 0.0483. The third kappa shape index (κ3) is 3.59. The van der Waals surface area contributed by atoms with Crippen molar-refractivity contribution >= 4 is 44.3 Å². The molecule has 3 nitrogen and oxygen atoms in total. The van der Waals surface area contributed by atoms with E-state index < -0.39 is 0 Å². The maximum atomic E-state index is 12.3. The number of aryl methyl sites for hydroxylation is 1. The highest BCUT2D eigenvalue weighted by Gasteiger charge is 2.09. The molecule has 5 heteroatoms. The van der Waals surface area contributed by atoms with Crippen LogP contribution in [-0.2, 0) is 6.42 Å². The number of carbonyl (C=O) groups excluding carboxylic acids is 1. The summed E-state index contributed by atoms with van der Waals surface area (Å²) in [5.41, 5.74) is 3.86. The van der Waals surface area contributed by atoms with Gasteiger partial charge in [-0.3, -0.25) is 4.79 Å². The monoisotopic (exact) mass is 390 g/mol. The second-order valence-electron chi connectivity index (χ2n) is 5.47. The van der Waals surface area contributed by atoms with Crippen molar-refractivity contribution in [3.8, 4) is 0 Å². The minimum atomic E-state index is -0.0483. The lowest BCUT2D eigenvalue weighted by atomic mass is 10.1. The summed E-state index contributed by atoms with van der Waals surface area (Å²) in [6, 6.07) is 11.4. The topological polar surface area (TPSA) is 44.9 Å². The molecule has 1 aromatic heterocycles. The van der Waals surface area contributed by atoms with Crippen LogP contribution in [0.2, 0.25) is 5.02 Å². The lowest BCUT2D eigenvalue weighted by Crippen LogP contribution is -2.26. The number of nitrogens with one attached hydrogen (secondary N) is 2. The van der Waals surface area contributed by atoms with Gasteiger partial charge in [-0.1, -0.05) is 27.5 Å². The van der Waals surface area contributed by atoms with E-state index in [1.165, 1.54) is 0 Å². The molecule has 0 atom stereocenters. The lowest BCUT2D eigenvalue weighted by molar-refractivity contribution is 0.0953. The van der Waals surface area contributed by atoms with Crippen LogP contribution >= 0.6 is 27.5 Å². The highest BCUT2D eigenvalue weighted by molar-refractivity contribution is 9.10. The van der Waals surface area contributed by atoms with Crippen molar-refractivity contribution in [3.05, 3.63) is 68.8 Å². The Balaban J connectivity index is 1.66. The predicted octanol–water partition coefficient (Wildman–Crippen LogP) is 4.86. The number of aromatic nitrogens is 1. The number of halogens is 2. The molecule has 1 amide bonds. The van der Waals surface area contributed by atoms with E-state index in [9.17, 15) is 4.79 Å². The minimum Gasteiger partial charge on any atom is -0.361 e. The number of aromatic amines is 1. The number of rotatable bonds is 4. The van der Waals surface area contributed by atoms with Crippen LogP contribution in [0.4, 0.5) is 0 Å². The Bertz CT molecular complexity index is 873. The molecule has 23 heavy (non-hydrogen) atoms. The van der Waals surface area contributed by atoms with E-state index in [1.54, 1.807) is 0 Å². The molecule has 0 radical (unpaired) electrons. The molecule has 0 saturated carbocycles. The van der Waals surface area contributed by atoms with E-state index in [0.29, 0.717) is 17.1 Å². The summed E-state index contributed by atoms with van der Waals surface area (Å²) in [5.74, 6) is -0.0483. The maximum absolute atomic E-state index is 12.3. The maximum Gasteiger partial charge on any atom is 0.251 e. The molecular formula is C18H16BrClN2O. The molecule has 0 fully saturated rings. The van der Waals surface area contributed by atoms with E-state index in [1.807, 2.05) is 49.5 Å². The number of amides is 1. The lowest BCUT2D eigenvalue weighted by Gasteiger charge is -2.08. The first-order valence-electron chi connectivity index (χ1n) is 7.34. The van der Waals surface area contributed by atoms with Crippen LogP contribution in [0.15, 0.2) is 47.1 Å². The van der Waals surface area contributed by atoms with Crippen LogP contribution in [-0.4, -0.2) is 17.4 Å². The summed E-state index contributed by atoms with van der Waals surface area (Å²) in [6.07, 6.45) is 2.72. The zero-order chi connectivity index (χ0) is 16.4. The van der Waals surface area contributed by atoms with Gasteiger partial charge in [0.2, 0.25) is 0 Å². The van der Waals surface area contributed by atoms with Crippen LogP contribution in [0.25, 0.3) is 10.9 Å². The Morgan fingerprint density at radius 2 is 2.09 bits per heavy atom. The van der Waals surface area contributed by atoms with Gasteiger partial charge in [-0.25, -0.2) is 0 Å². The second-order valence-corrected chi connectivity index (χ2v) is 6.82. The van der Waals surface area contributed by atoms with Crippen molar-refractivity contribution in [1.29, 1.82) is 0 Å². The van der Waals surface area contributed by atoms with Gasteiger partial charge >= 0.3 is 0 Å². The van der Waals surface area contributed by atoms with Crippen molar-refractivity contribution in [1.82, 2.24) is 10.3 Å². The number of H-pyrrole nitrogens is 1. The molecule has 0 aliphatic heterocycles. The zero-order valence-corrected chi connectivity index (χ0v) is 15.0. The van der Waals surface area contributed by atoms with Crippen LogP contribution in [0, 0.1) is 6.92 Å². The van der Waals surface area contributed by atoms with Gasteiger partial charge in [0.25, 0.3) is 5.91 Å². The Morgan fingerprint density at radius 3 is 2.87 bits per heavy atom. The molecule has 2 N–H and O–H groups in total. The average Bonchev–Trinajstić information content (AvgIpc) is 2.89. The van der Waals surface area contributed by atoms with Crippen molar-refractivity contribution < 1.29 is 4.79 Å². The summed E-state index contributed by atoms with van der Waals surface area (Å²) in [6.45, 7) is 2.51. The van der Waals surface area contributed by atoms with Gasteiger partial charge in [0.1, 0.15) is 0 Å². The van der Waals surface area contributed by atoms with Crippen molar-refractivity contribution in [2.45, 2.75) is 13.3 Å². The molecule has 2 aromatic carbocycles. The fourth-order valence-electron chi connectivity index (χ4n) is 2.65. The summed E-state index contributed by atoms with van der Waals surface area (Å²) >= 11 is 9.46. The van der Waals surface area contributed by atoms with Gasteiger partial charge in [0, 0.05) is 38.7 Å². The molecule has 118 valence electrons. The van der Waals surface area contributed by atoms with Gasteiger partial charge in [-0.15, -0.1) is 0 Å². The number of carbonyl (C=O) groups is 1. The first kappa shape index (κ1) is 16.1.